The van der Waals surface area contributed by atoms with Crippen molar-refractivity contribution in [1.29, 1.82) is 5.26 Å². The normalized spacial score (nSPS) is 24.1. The molecule has 1 aliphatic heterocycles. The molecule has 3 rings (SSSR count). The molecule has 0 bridgehead atoms. The Morgan fingerprint density at radius 1 is 1.31 bits per heavy atom. The number of hydrogen-bond donors (Lipinski definition) is 1. The van der Waals surface area contributed by atoms with Gasteiger partial charge in [0.05, 0.1) is 17.8 Å². The third kappa shape index (κ3) is 4.73. The molecule has 2 atom stereocenters. The number of nitrogens with one attached hydrogen (secondary N) is 1. The number of rotatable bonds is 4. The van der Waals surface area contributed by atoms with Crippen LogP contribution < -0.4 is 10.2 Å². The van der Waals surface area contributed by atoms with E-state index in [9.17, 15) is 14.4 Å². The van der Waals surface area contributed by atoms with E-state index in [0.29, 0.717) is 24.1 Å². The Morgan fingerprint density at radius 3 is 2.77 bits per heavy atom. The van der Waals surface area contributed by atoms with Crippen LogP contribution in [0.4, 0.5) is 10.1 Å². The Hall–Kier alpha value is -2.13. The lowest BCUT2D eigenvalue weighted by Gasteiger charge is -2.36. The van der Waals surface area contributed by atoms with E-state index in [1.807, 2.05) is 0 Å². The van der Waals surface area contributed by atoms with Gasteiger partial charge in [-0.15, -0.1) is 0 Å². The minimum atomic E-state index is -0.391. The molecule has 0 radical (unpaired) electrons. The van der Waals surface area contributed by atoms with E-state index in [1.54, 1.807) is 6.07 Å². The first-order valence-corrected chi connectivity index (χ1v) is 9.51. The Bertz CT molecular complexity index is 679. The van der Waals surface area contributed by atoms with E-state index in [0.717, 1.165) is 44.7 Å². The zero-order chi connectivity index (χ0) is 18.5. The summed E-state index contributed by atoms with van der Waals surface area (Å²) in [6.45, 7) is 5.66. The van der Waals surface area contributed by atoms with Crippen LogP contribution in [-0.2, 0) is 4.79 Å². The van der Waals surface area contributed by atoms with Crippen LogP contribution in [-0.4, -0.2) is 49.6 Å². The maximum atomic E-state index is 13.3. The first-order chi connectivity index (χ1) is 12.5. The van der Waals surface area contributed by atoms with Crippen LogP contribution in [0.5, 0.6) is 0 Å². The van der Waals surface area contributed by atoms with Crippen molar-refractivity contribution in [2.24, 2.45) is 5.92 Å². The highest BCUT2D eigenvalue weighted by Gasteiger charge is 2.24. The lowest BCUT2D eigenvalue weighted by Crippen LogP contribution is -2.51. The third-order valence-electron chi connectivity index (χ3n) is 5.46. The van der Waals surface area contributed by atoms with Crippen molar-refractivity contribution in [3.8, 4) is 6.07 Å². The zero-order valence-electron chi connectivity index (χ0n) is 15.4. The molecule has 2 aliphatic rings. The van der Waals surface area contributed by atoms with E-state index < -0.39 is 5.82 Å². The van der Waals surface area contributed by atoms with Gasteiger partial charge in [0.2, 0.25) is 5.91 Å². The number of halogens is 1. The van der Waals surface area contributed by atoms with Crippen LogP contribution >= 0.6 is 0 Å². The molecule has 1 aromatic rings. The van der Waals surface area contributed by atoms with Gasteiger partial charge in [0.25, 0.3) is 0 Å². The molecule has 0 spiro atoms. The monoisotopic (exact) mass is 358 g/mol. The highest BCUT2D eigenvalue weighted by Crippen LogP contribution is 2.24. The van der Waals surface area contributed by atoms with Crippen molar-refractivity contribution in [1.82, 2.24) is 10.2 Å². The standard InChI is InChI=1S/C20H27FN4O/c1-15-3-2-4-18(11-15)23-20(26)14-24-7-9-25(10-8-24)19-6-5-17(21)12-16(19)13-22/h5-6,12,15,18H,2-4,7-11,14H2,1H3,(H,23,26). The summed E-state index contributed by atoms with van der Waals surface area (Å²) in [5, 5.41) is 12.4. The Kier molecular flexibility index (Phi) is 6.10. The Morgan fingerprint density at radius 2 is 2.08 bits per heavy atom. The van der Waals surface area contributed by atoms with Gasteiger partial charge >= 0.3 is 0 Å². The van der Waals surface area contributed by atoms with Crippen molar-refractivity contribution in [3.63, 3.8) is 0 Å². The van der Waals surface area contributed by atoms with E-state index in [-0.39, 0.29) is 5.91 Å². The number of carbonyl (C=O) groups is 1. The second-order valence-corrected chi connectivity index (χ2v) is 7.57. The molecule has 140 valence electrons. The predicted molar refractivity (Wildman–Crippen MR) is 99.3 cm³/mol. The van der Waals surface area contributed by atoms with Gasteiger partial charge in [-0.2, -0.15) is 5.26 Å². The fourth-order valence-corrected chi connectivity index (χ4v) is 4.06. The molecule has 2 unspecified atom stereocenters. The van der Waals surface area contributed by atoms with Gasteiger partial charge in [0, 0.05) is 32.2 Å². The molecule has 1 saturated heterocycles. The molecular formula is C20H27FN4O. The fourth-order valence-electron chi connectivity index (χ4n) is 4.06. The number of hydrogen-bond acceptors (Lipinski definition) is 4. The maximum absolute atomic E-state index is 13.3. The summed E-state index contributed by atoms with van der Waals surface area (Å²) in [5.41, 5.74) is 1.14. The quantitative estimate of drug-likeness (QED) is 0.898. The van der Waals surface area contributed by atoms with Gasteiger partial charge in [-0.25, -0.2) is 4.39 Å². The SMILES string of the molecule is CC1CCCC(NC(=O)CN2CCN(c3ccc(F)cc3C#N)CC2)C1. The lowest BCUT2D eigenvalue weighted by molar-refractivity contribution is -0.123. The largest absolute Gasteiger partial charge is 0.368 e. The molecular weight excluding hydrogens is 331 g/mol. The summed E-state index contributed by atoms with van der Waals surface area (Å²) in [6.07, 6.45) is 4.64. The number of carbonyl (C=O) groups excluding carboxylic acids is 1. The summed E-state index contributed by atoms with van der Waals surface area (Å²) in [7, 11) is 0. The second-order valence-electron chi connectivity index (χ2n) is 7.57. The van der Waals surface area contributed by atoms with Crippen LogP contribution in [0.2, 0.25) is 0 Å². The summed E-state index contributed by atoms with van der Waals surface area (Å²) >= 11 is 0. The number of nitriles is 1. The minimum Gasteiger partial charge on any atom is -0.368 e. The van der Waals surface area contributed by atoms with Crippen LogP contribution in [0, 0.1) is 23.1 Å². The van der Waals surface area contributed by atoms with E-state index in [4.69, 9.17) is 0 Å². The van der Waals surface area contributed by atoms with E-state index in [1.165, 1.54) is 25.0 Å². The van der Waals surface area contributed by atoms with Crippen molar-refractivity contribution in [3.05, 3.63) is 29.6 Å². The van der Waals surface area contributed by atoms with Crippen LogP contribution in [0.15, 0.2) is 18.2 Å². The number of anilines is 1. The van der Waals surface area contributed by atoms with E-state index in [2.05, 4.69) is 28.1 Å². The minimum absolute atomic E-state index is 0.108. The summed E-state index contributed by atoms with van der Waals surface area (Å²) in [6, 6.07) is 6.73. The molecule has 5 nitrogen and oxygen atoms in total. The van der Waals surface area contributed by atoms with Gasteiger partial charge < -0.3 is 10.2 Å². The maximum Gasteiger partial charge on any atom is 0.234 e. The third-order valence-corrected chi connectivity index (χ3v) is 5.46. The van der Waals surface area contributed by atoms with Gasteiger partial charge in [-0.1, -0.05) is 19.8 Å². The highest BCUT2D eigenvalue weighted by molar-refractivity contribution is 5.78. The van der Waals surface area contributed by atoms with Crippen molar-refractivity contribution >= 4 is 11.6 Å². The first-order valence-electron chi connectivity index (χ1n) is 9.51. The number of nitrogens with zero attached hydrogens (tertiary/aromatic N) is 3. The summed E-state index contributed by atoms with van der Waals surface area (Å²) in [5.74, 6) is 0.414. The predicted octanol–water partition coefficient (Wildman–Crippen LogP) is 2.51. The molecule has 1 amide bonds. The Labute approximate surface area is 154 Å². The molecule has 6 heteroatoms. The number of benzene rings is 1. The average molecular weight is 358 g/mol. The topological polar surface area (TPSA) is 59.4 Å². The van der Waals surface area contributed by atoms with Crippen molar-refractivity contribution in [2.75, 3.05) is 37.6 Å². The molecule has 1 aliphatic carbocycles. The van der Waals surface area contributed by atoms with Crippen LogP contribution in [0.1, 0.15) is 38.2 Å². The lowest BCUT2D eigenvalue weighted by atomic mass is 9.87. The van der Waals surface area contributed by atoms with Crippen LogP contribution in [0.3, 0.4) is 0 Å². The van der Waals surface area contributed by atoms with Crippen molar-refractivity contribution in [2.45, 2.75) is 38.6 Å². The molecule has 1 saturated carbocycles. The van der Waals surface area contributed by atoms with Gasteiger partial charge in [0.1, 0.15) is 11.9 Å². The summed E-state index contributed by atoms with van der Waals surface area (Å²) < 4.78 is 13.3. The molecule has 26 heavy (non-hydrogen) atoms. The number of amides is 1. The summed E-state index contributed by atoms with van der Waals surface area (Å²) in [4.78, 5) is 16.6. The first kappa shape index (κ1) is 18.7. The van der Waals surface area contributed by atoms with Gasteiger partial charge in [0.15, 0.2) is 0 Å². The zero-order valence-corrected chi connectivity index (χ0v) is 15.4. The van der Waals surface area contributed by atoms with Gasteiger partial charge in [-0.3, -0.25) is 9.69 Å². The molecule has 1 aromatic carbocycles. The van der Waals surface area contributed by atoms with Crippen LogP contribution in [0.25, 0.3) is 0 Å². The Balaban J connectivity index is 1.48. The second kappa shape index (κ2) is 8.50. The molecule has 0 aromatic heterocycles. The molecule has 1 heterocycles. The van der Waals surface area contributed by atoms with Gasteiger partial charge in [-0.05, 0) is 37.0 Å². The van der Waals surface area contributed by atoms with Crippen molar-refractivity contribution < 1.29 is 9.18 Å². The molecule has 1 N–H and O–H groups in total. The molecule has 2 fully saturated rings. The number of piperazine rings is 1. The van der Waals surface area contributed by atoms with E-state index >= 15 is 0 Å². The highest BCUT2D eigenvalue weighted by atomic mass is 19.1. The fraction of sp³-hybridized carbons (Fsp3) is 0.600. The smallest absolute Gasteiger partial charge is 0.234 e. The average Bonchev–Trinajstić information content (AvgIpc) is 2.62.